The Labute approximate surface area is 230 Å². The highest BCUT2D eigenvalue weighted by molar-refractivity contribution is 6.07. The van der Waals surface area contributed by atoms with E-state index in [1.165, 1.54) is 4.90 Å². The van der Waals surface area contributed by atoms with E-state index < -0.39 is 5.54 Å². The lowest BCUT2D eigenvalue weighted by Gasteiger charge is -2.42. The maximum atomic E-state index is 14.0. The fourth-order valence-electron chi connectivity index (χ4n) is 5.52. The zero-order valence-electron chi connectivity index (χ0n) is 23.5. The molecule has 2 fully saturated rings. The molecule has 0 aromatic heterocycles. The van der Waals surface area contributed by atoms with Crippen molar-refractivity contribution in [2.75, 3.05) is 61.8 Å². The van der Waals surface area contributed by atoms with Gasteiger partial charge in [-0.25, -0.2) is 4.79 Å². The number of hydrogen-bond donors (Lipinski definition) is 0. The van der Waals surface area contributed by atoms with Gasteiger partial charge in [-0.2, -0.15) is 0 Å². The molecule has 2 aliphatic heterocycles. The summed E-state index contributed by atoms with van der Waals surface area (Å²) in [6, 6.07) is 11.0. The lowest BCUT2D eigenvalue weighted by atomic mass is 9.85. The summed E-state index contributed by atoms with van der Waals surface area (Å²) in [5.74, 6) is 2.55. The van der Waals surface area contributed by atoms with Crippen LogP contribution in [0, 0.1) is 0 Å². The summed E-state index contributed by atoms with van der Waals surface area (Å²) in [5.41, 5.74) is 0.976. The molecule has 2 aromatic carbocycles. The maximum Gasteiger partial charge on any atom is 0.327 e. The Balaban J connectivity index is 1.53. The van der Waals surface area contributed by atoms with E-state index in [4.69, 9.17) is 23.7 Å². The molecule has 0 atom stereocenters. The van der Waals surface area contributed by atoms with E-state index in [0.717, 1.165) is 22.6 Å². The van der Waals surface area contributed by atoms with E-state index in [1.54, 1.807) is 46.5 Å². The van der Waals surface area contributed by atoms with Gasteiger partial charge in [-0.3, -0.25) is 14.6 Å². The Morgan fingerprint density at radius 1 is 0.718 bits per heavy atom. The van der Waals surface area contributed by atoms with Crippen molar-refractivity contribution < 1.29 is 33.3 Å². The second-order valence-electron chi connectivity index (χ2n) is 9.92. The summed E-state index contributed by atoms with van der Waals surface area (Å²) in [5, 5.41) is 0. The van der Waals surface area contributed by atoms with Gasteiger partial charge in [0.25, 0.3) is 5.91 Å². The minimum atomic E-state index is -0.865. The van der Waals surface area contributed by atoms with E-state index in [9.17, 15) is 9.59 Å². The first-order valence-electron chi connectivity index (χ1n) is 13.2. The Kier molecular flexibility index (Phi) is 9.19. The molecule has 2 aliphatic rings. The summed E-state index contributed by atoms with van der Waals surface area (Å²) >= 11 is 0. The minimum Gasteiger partial charge on any atom is -0.497 e. The zero-order chi connectivity index (χ0) is 28.0. The number of urea groups is 1. The highest BCUT2D eigenvalue weighted by atomic mass is 16.5. The zero-order valence-corrected chi connectivity index (χ0v) is 23.5. The fourth-order valence-corrected chi connectivity index (χ4v) is 5.52. The van der Waals surface area contributed by atoms with Gasteiger partial charge in [-0.15, -0.1) is 0 Å². The third kappa shape index (κ3) is 6.07. The quantitative estimate of drug-likeness (QED) is 0.298. The molecule has 10 heteroatoms. The predicted molar refractivity (Wildman–Crippen MR) is 145 cm³/mol. The van der Waals surface area contributed by atoms with Crippen molar-refractivity contribution in [2.45, 2.75) is 37.9 Å². The normalized spacial score (nSPS) is 17.2. The molecule has 0 N–H and O–H groups in total. The number of ether oxygens (including phenoxy) is 5. The lowest BCUT2D eigenvalue weighted by molar-refractivity contribution is -0.136. The van der Waals surface area contributed by atoms with E-state index in [0.29, 0.717) is 63.5 Å². The summed E-state index contributed by atoms with van der Waals surface area (Å²) in [6.07, 6.45) is 1.78. The number of benzene rings is 2. The second-order valence-corrected chi connectivity index (χ2v) is 9.92. The number of amides is 3. The van der Waals surface area contributed by atoms with Crippen LogP contribution in [0.5, 0.6) is 23.0 Å². The lowest BCUT2D eigenvalue weighted by Crippen LogP contribution is -2.56. The highest BCUT2D eigenvalue weighted by Gasteiger charge is 2.57. The fraction of sp³-hybridized carbons (Fsp3) is 0.517. The standard InChI is InChI=1S/C29H39N3O7/c1-35-12-6-9-32-28(34)31(20-22-15-25(38-4)18-26(16-22)39-5)27(33)29(32)7-10-30(11-8-29)19-21-13-23(36-2)17-24(14-21)37-3/h13-18H,6-12,19-20H2,1-5H3. The van der Waals surface area contributed by atoms with Crippen LogP contribution < -0.4 is 18.9 Å². The van der Waals surface area contributed by atoms with Crippen LogP contribution in [-0.4, -0.2) is 94.0 Å². The molecule has 39 heavy (non-hydrogen) atoms. The predicted octanol–water partition coefficient (Wildman–Crippen LogP) is 3.56. The number of carbonyl (C=O) groups excluding carboxylic acids is 2. The molecule has 2 heterocycles. The number of piperidine rings is 1. The third-order valence-corrected chi connectivity index (χ3v) is 7.60. The van der Waals surface area contributed by atoms with Crippen LogP contribution in [0.4, 0.5) is 4.79 Å². The van der Waals surface area contributed by atoms with Gasteiger partial charge in [0, 0.05) is 52.0 Å². The van der Waals surface area contributed by atoms with E-state index in [2.05, 4.69) is 4.90 Å². The number of methoxy groups -OCH3 is 5. The van der Waals surface area contributed by atoms with E-state index in [-0.39, 0.29) is 18.5 Å². The van der Waals surface area contributed by atoms with Crippen LogP contribution in [0.2, 0.25) is 0 Å². The maximum absolute atomic E-state index is 14.0. The SMILES string of the molecule is COCCCN1C(=O)N(Cc2cc(OC)cc(OC)c2)C(=O)C12CCN(Cc1cc(OC)cc(OC)c1)CC2. The number of likely N-dealkylation sites (tertiary alicyclic amines) is 1. The van der Waals surface area contributed by atoms with Crippen LogP contribution in [0.25, 0.3) is 0 Å². The van der Waals surface area contributed by atoms with Crippen molar-refractivity contribution in [3.8, 4) is 23.0 Å². The van der Waals surface area contributed by atoms with Crippen LogP contribution >= 0.6 is 0 Å². The summed E-state index contributed by atoms with van der Waals surface area (Å²) in [4.78, 5) is 33.2. The van der Waals surface area contributed by atoms with Crippen LogP contribution in [0.3, 0.4) is 0 Å². The molecule has 212 valence electrons. The largest absolute Gasteiger partial charge is 0.497 e. The number of hydrogen-bond acceptors (Lipinski definition) is 8. The van der Waals surface area contributed by atoms with Gasteiger partial charge in [0.2, 0.25) is 0 Å². The van der Waals surface area contributed by atoms with E-state index in [1.807, 2.05) is 30.3 Å². The Morgan fingerprint density at radius 3 is 1.67 bits per heavy atom. The molecule has 0 radical (unpaired) electrons. The Morgan fingerprint density at radius 2 is 1.21 bits per heavy atom. The number of nitrogens with zero attached hydrogens (tertiary/aromatic N) is 3. The van der Waals surface area contributed by atoms with E-state index >= 15 is 0 Å². The van der Waals surface area contributed by atoms with Gasteiger partial charge in [0.15, 0.2) is 0 Å². The molecule has 2 saturated heterocycles. The number of rotatable bonds is 12. The molecule has 2 aromatic rings. The summed E-state index contributed by atoms with van der Waals surface area (Å²) in [7, 11) is 8.06. The van der Waals surface area contributed by atoms with Crippen molar-refractivity contribution in [1.82, 2.24) is 14.7 Å². The number of imide groups is 1. The molecule has 10 nitrogen and oxygen atoms in total. The average molecular weight is 542 g/mol. The van der Waals surface area contributed by atoms with Gasteiger partial charge < -0.3 is 28.6 Å². The van der Waals surface area contributed by atoms with Crippen molar-refractivity contribution >= 4 is 11.9 Å². The average Bonchev–Trinajstić information content (AvgIpc) is 3.14. The molecular weight excluding hydrogens is 502 g/mol. The summed E-state index contributed by atoms with van der Waals surface area (Å²) in [6.45, 7) is 3.19. The van der Waals surface area contributed by atoms with Crippen LogP contribution in [0.1, 0.15) is 30.4 Å². The first kappa shape index (κ1) is 28.5. The second kappa shape index (κ2) is 12.6. The molecule has 1 spiro atoms. The van der Waals surface area contributed by atoms with Gasteiger partial charge in [0.1, 0.15) is 28.5 Å². The monoisotopic (exact) mass is 541 g/mol. The first-order valence-corrected chi connectivity index (χ1v) is 13.2. The van der Waals surface area contributed by atoms with Crippen molar-refractivity contribution in [3.63, 3.8) is 0 Å². The first-order chi connectivity index (χ1) is 18.9. The Hall–Kier alpha value is -3.50. The molecule has 0 saturated carbocycles. The topological polar surface area (TPSA) is 90.0 Å². The van der Waals surface area contributed by atoms with Crippen LogP contribution in [-0.2, 0) is 22.6 Å². The molecule has 4 rings (SSSR count). The molecule has 0 unspecified atom stereocenters. The third-order valence-electron chi connectivity index (χ3n) is 7.60. The minimum absolute atomic E-state index is 0.144. The van der Waals surface area contributed by atoms with Gasteiger partial charge >= 0.3 is 6.03 Å². The van der Waals surface area contributed by atoms with Crippen molar-refractivity contribution in [2.24, 2.45) is 0 Å². The van der Waals surface area contributed by atoms with Crippen molar-refractivity contribution in [3.05, 3.63) is 47.5 Å². The van der Waals surface area contributed by atoms with Crippen LogP contribution in [0.15, 0.2) is 36.4 Å². The van der Waals surface area contributed by atoms with Gasteiger partial charge in [-0.1, -0.05) is 0 Å². The molecule has 0 bridgehead atoms. The van der Waals surface area contributed by atoms with Gasteiger partial charge in [-0.05, 0) is 54.7 Å². The smallest absolute Gasteiger partial charge is 0.327 e. The van der Waals surface area contributed by atoms with Crippen molar-refractivity contribution in [1.29, 1.82) is 0 Å². The molecule has 3 amide bonds. The Bertz CT molecular complexity index is 1120. The molecule has 0 aliphatic carbocycles. The van der Waals surface area contributed by atoms with Gasteiger partial charge in [0.05, 0.1) is 35.0 Å². The molecular formula is C29H39N3O7. The highest BCUT2D eigenvalue weighted by Crippen LogP contribution is 2.39. The number of carbonyl (C=O) groups is 2. The summed E-state index contributed by atoms with van der Waals surface area (Å²) < 4.78 is 26.9.